The highest BCUT2D eigenvalue weighted by atomic mass is 16.5. The molecule has 0 fully saturated rings. The van der Waals surface area contributed by atoms with Crippen LogP contribution >= 0.6 is 0 Å². The number of aromatic nitrogens is 2. The second-order valence-corrected chi connectivity index (χ2v) is 6.35. The SMILES string of the molecule is COc1ccc(CNC(N)=NCc2cccc(-c3cnn(C)c3)c2)cc1OC. The Bertz CT molecular complexity index is 965. The summed E-state index contributed by atoms with van der Waals surface area (Å²) >= 11 is 0. The third kappa shape index (κ3) is 4.82. The monoisotopic (exact) mass is 379 g/mol. The molecule has 0 atom stereocenters. The van der Waals surface area contributed by atoms with Crippen molar-refractivity contribution in [3.63, 3.8) is 0 Å². The molecule has 3 N–H and O–H groups in total. The molecule has 3 aromatic rings. The number of hydrogen-bond donors (Lipinski definition) is 2. The number of aliphatic imine (C=N–C) groups is 1. The van der Waals surface area contributed by atoms with E-state index in [2.05, 4.69) is 27.5 Å². The van der Waals surface area contributed by atoms with E-state index in [1.165, 1.54) is 0 Å². The van der Waals surface area contributed by atoms with Gasteiger partial charge in [0.2, 0.25) is 0 Å². The summed E-state index contributed by atoms with van der Waals surface area (Å²) in [6.45, 7) is 1.05. The average Bonchev–Trinajstić information content (AvgIpc) is 3.17. The molecule has 0 spiro atoms. The van der Waals surface area contributed by atoms with Crippen LogP contribution < -0.4 is 20.5 Å². The van der Waals surface area contributed by atoms with Gasteiger partial charge in [-0.2, -0.15) is 5.10 Å². The van der Waals surface area contributed by atoms with Crippen LogP contribution in [0.2, 0.25) is 0 Å². The molecule has 7 heteroatoms. The molecular formula is C21H25N5O2. The van der Waals surface area contributed by atoms with Crippen LogP contribution in [0.1, 0.15) is 11.1 Å². The summed E-state index contributed by atoms with van der Waals surface area (Å²) in [7, 11) is 5.14. The van der Waals surface area contributed by atoms with Crippen LogP contribution in [0.25, 0.3) is 11.1 Å². The van der Waals surface area contributed by atoms with Crippen molar-refractivity contribution >= 4 is 5.96 Å². The molecule has 0 amide bonds. The molecule has 0 unspecified atom stereocenters. The highest BCUT2D eigenvalue weighted by Gasteiger charge is 2.05. The molecule has 0 saturated heterocycles. The number of rotatable bonds is 7. The number of methoxy groups -OCH3 is 2. The molecular weight excluding hydrogens is 354 g/mol. The maximum atomic E-state index is 6.02. The highest BCUT2D eigenvalue weighted by molar-refractivity contribution is 5.77. The summed E-state index contributed by atoms with van der Waals surface area (Å²) < 4.78 is 12.4. The van der Waals surface area contributed by atoms with Crippen LogP contribution in [0.15, 0.2) is 59.9 Å². The van der Waals surface area contributed by atoms with Crippen LogP contribution in [0.4, 0.5) is 0 Å². The maximum Gasteiger partial charge on any atom is 0.189 e. The summed E-state index contributed by atoms with van der Waals surface area (Å²) in [6.07, 6.45) is 3.84. The van der Waals surface area contributed by atoms with Crippen molar-refractivity contribution in [1.29, 1.82) is 0 Å². The van der Waals surface area contributed by atoms with Crippen LogP contribution in [0, 0.1) is 0 Å². The lowest BCUT2D eigenvalue weighted by molar-refractivity contribution is 0.354. The predicted octanol–water partition coefficient (Wildman–Crippen LogP) is 2.71. The Hall–Kier alpha value is -3.48. The third-order valence-corrected chi connectivity index (χ3v) is 4.32. The van der Waals surface area contributed by atoms with E-state index in [4.69, 9.17) is 15.2 Å². The van der Waals surface area contributed by atoms with Crippen molar-refractivity contribution in [2.75, 3.05) is 14.2 Å². The van der Waals surface area contributed by atoms with E-state index in [0.29, 0.717) is 30.5 Å². The minimum atomic E-state index is 0.390. The zero-order valence-corrected chi connectivity index (χ0v) is 16.3. The number of aryl methyl sites for hydroxylation is 1. The fourth-order valence-electron chi connectivity index (χ4n) is 2.84. The number of ether oxygens (including phenoxy) is 2. The Balaban J connectivity index is 1.60. The lowest BCUT2D eigenvalue weighted by atomic mass is 10.1. The Kier molecular flexibility index (Phi) is 6.16. The first-order valence-corrected chi connectivity index (χ1v) is 8.91. The molecule has 1 aromatic heterocycles. The maximum absolute atomic E-state index is 6.02. The van der Waals surface area contributed by atoms with E-state index in [-0.39, 0.29) is 0 Å². The van der Waals surface area contributed by atoms with Crippen LogP contribution in [-0.4, -0.2) is 30.0 Å². The van der Waals surface area contributed by atoms with Gasteiger partial charge in [-0.1, -0.05) is 24.3 Å². The molecule has 2 aromatic carbocycles. The third-order valence-electron chi connectivity index (χ3n) is 4.32. The largest absolute Gasteiger partial charge is 0.493 e. The summed E-state index contributed by atoms with van der Waals surface area (Å²) in [5.41, 5.74) is 10.3. The van der Waals surface area contributed by atoms with Crippen molar-refractivity contribution in [3.05, 3.63) is 66.0 Å². The van der Waals surface area contributed by atoms with Crippen molar-refractivity contribution in [3.8, 4) is 22.6 Å². The van der Waals surface area contributed by atoms with Crippen molar-refractivity contribution in [2.45, 2.75) is 13.1 Å². The van der Waals surface area contributed by atoms with Crippen LogP contribution in [0.5, 0.6) is 11.5 Å². The van der Waals surface area contributed by atoms with Gasteiger partial charge in [0.05, 0.1) is 27.0 Å². The summed E-state index contributed by atoms with van der Waals surface area (Å²) in [4.78, 5) is 4.43. The molecule has 0 aliphatic rings. The van der Waals surface area contributed by atoms with Gasteiger partial charge in [-0.3, -0.25) is 4.68 Å². The fraction of sp³-hybridized carbons (Fsp3) is 0.238. The first-order chi connectivity index (χ1) is 13.6. The van der Waals surface area contributed by atoms with Gasteiger partial charge in [0.15, 0.2) is 17.5 Å². The van der Waals surface area contributed by atoms with Crippen molar-refractivity contribution in [2.24, 2.45) is 17.8 Å². The van der Waals surface area contributed by atoms with Crippen LogP contribution in [0.3, 0.4) is 0 Å². The molecule has 0 aliphatic carbocycles. The summed E-state index contributed by atoms with van der Waals surface area (Å²) in [6, 6.07) is 13.9. The van der Waals surface area contributed by atoms with Gasteiger partial charge in [-0.15, -0.1) is 0 Å². The zero-order chi connectivity index (χ0) is 19.9. The fourth-order valence-corrected chi connectivity index (χ4v) is 2.84. The van der Waals surface area contributed by atoms with E-state index in [0.717, 1.165) is 22.3 Å². The average molecular weight is 379 g/mol. The lowest BCUT2D eigenvalue weighted by Crippen LogP contribution is -2.31. The minimum Gasteiger partial charge on any atom is -0.493 e. The summed E-state index contributed by atoms with van der Waals surface area (Å²) in [5.74, 6) is 1.77. The van der Waals surface area contributed by atoms with Gasteiger partial charge in [0.1, 0.15) is 0 Å². The Morgan fingerprint density at radius 2 is 1.89 bits per heavy atom. The Morgan fingerprint density at radius 1 is 1.07 bits per heavy atom. The topological polar surface area (TPSA) is 86.7 Å². The molecule has 0 aliphatic heterocycles. The van der Waals surface area contributed by atoms with E-state index in [9.17, 15) is 0 Å². The molecule has 0 saturated carbocycles. The highest BCUT2D eigenvalue weighted by Crippen LogP contribution is 2.27. The number of guanidine groups is 1. The zero-order valence-electron chi connectivity index (χ0n) is 16.3. The number of hydrogen-bond acceptors (Lipinski definition) is 4. The lowest BCUT2D eigenvalue weighted by Gasteiger charge is -2.10. The minimum absolute atomic E-state index is 0.390. The molecule has 7 nitrogen and oxygen atoms in total. The van der Waals surface area contributed by atoms with E-state index in [1.807, 2.05) is 49.8 Å². The standard InChI is InChI=1S/C21H25N5O2/c1-26-14-18(13-25-26)17-6-4-5-15(9-17)11-23-21(22)24-12-16-7-8-19(27-2)20(10-16)28-3/h4-10,13-14H,11-12H2,1-3H3,(H3,22,23,24). The van der Waals surface area contributed by atoms with E-state index < -0.39 is 0 Å². The normalized spacial score (nSPS) is 11.3. The predicted molar refractivity (Wildman–Crippen MR) is 110 cm³/mol. The second kappa shape index (κ2) is 8.94. The number of nitrogens with one attached hydrogen (secondary N) is 1. The van der Waals surface area contributed by atoms with Crippen molar-refractivity contribution in [1.82, 2.24) is 15.1 Å². The molecule has 1 heterocycles. The van der Waals surface area contributed by atoms with Gasteiger partial charge in [-0.25, -0.2) is 4.99 Å². The van der Waals surface area contributed by atoms with Crippen molar-refractivity contribution < 1.29 is 9.47 Å². The second-order valence-electron chi connectivity index (χ2n) is 6.35. The van der Waals surface area contributed by atoms with Gasteiger partial charge in [-0.05, 0) is 34.9 Å². The first-order valence-electron chi connectivity index (χ1n) is 8.91. The first kappa shape index (κ1) is 19.3. The Labute approximate surface area is 164 Å². The number of nitrogens with two attached hydrogens (primary N) is 1. The quantitative estimate of drug-likeness (QED) is 0.487. The van der Waals surface area contributed by atoms with Gasteiger partial charge < -0.3 is 20.5 Å². The molecule has 28 heavy (non-hydrogen) atoms. The number of benzene rings is 2. The van der Waals surface area contributed by atoms with E-state index in [1.54, 1.807) is 18.9 Å². The van der Waals surface area contributed by atoms with Gasteiger partial charge in [0, 0.05) is 25.4 Å². The van der Waals surface area contributed by atoms with Gasteiger partial charge in [0.25, 0.3) is 0 Å². The molecule has 0 bridgehead atoms. The Morgan fingerprint density at radius 3 is 2.61 bits per heavy atom. The van der Waals surface area contributed by atoms with Gasteiger partial charge >= 0.3 is 0 Å². The smallest absolute Gasteiger partial charge is 0.189 e. The number of nitrogens with zero attached hydrogens (tertiary/aromatic N) is 3. The van der Waals surface area contributed by atoms with E-state index >= 15 is 0 Å². The molecule has 3 rings (SSSR count). The summed E-state index contributed by atoms with van der Waals surface area (Å²) in [5, 5.41) is 7.34. The van der Waals surface area contributed by atoms with Crippen LogP contribution in [-0.2, 0) is 20.1 Å². The molecule has 0 radical (unpaired) electrons. The molecule has 146 valence electrons.